The summed E-state index contributed by atoms with van der Waals surface area (Å²) in [4.78, 5) is 16.4. The number of allylic oxidation sites excluding steroid dienone is 3. The first-order chi connectivity index (χ1) is 20.0. The zero-order valence-corrected chi connectivity index (χ0v) is 25.4. The highest BCUT2D eigenvalue weighted by atomic mass is 16.2. The van der Waals surface area contributed by atoms with Gasteiger partial charge in [-0.3, -0.25) is 4.79 Å². The van der Waals surface area contributed by atoms with Crippen molar-refractivity contribution in [1.29, 1.82) is 0 Å². The minimum absolute atomic E-state index is 0.0306. The molecule has 0 aliphatic rings. The zero-order valence-electron chi connectivity index (χ0n) is 25.4. The second kappa shape index (κ2) is 17.1. The molecule has 0 bridgehead atoms. The van der Waals surface area contributed by atoms with E-state index in [0.717, 1.165) is 49.9 Å². The molecule has 0 aliphatic carbocycles. The maximum absolute atomic E-state index is 14.1. The third-order valence-electron chi connectivity index (χ3n) is 7.83. The molecule has 0 saturated carbocycles. The second-order valence-corrected chi connectivity index (χ2v) is 11.0. The molecule has 216 valence electrons. The summed E-state index contributed by atoms with van der Waals surface area (Å²) < 4.78 is 0. The quantitative estimate of drug-likeness (QED) is 0.181. The maximum Gasteiger partial charge on any atom is 0.247 e. The molecule has 3 aromatic rings. The van der Waals surface area contributed by atoms with Crippen LogP contribution in [0.4, 0.5) is 5.69 Å². The van der Waals surface area contributed by atoms with Crippen LogP contribution in [0.25, 0.3) is 11.1 Å². The Balaban J connectivity index is 1.91. The zero-order chi connectivity index (χ0) is 29.5. The molecule has 0 spiro atoms. The molecule has 0 aliphatic heterocycles. The van der Waals surface area contributed by atoms with Crippen molar-refractivity contribution in [2.75, 3.05) is 11.4 Å². The van der Waals surface area contributed by atoms with E-state index in [9.17, 15) is 4.79 Å². The van der Waals surface area contributed by atoms with Crippen molar-refractivity contribution in [2.24, 2.45) is 5.92 Å². The molecule has 1 unspecified atom stereocenters. The normalized spacial score (nSPS) is 13.9. The third-order valence-corrected chi connectivity index (χ3v) is 7.83. The molecule has 3 atom stereocenters. The van der Waals surface area contributed by atoms with Gasteiger partial charge in [-0.05, 0) is 79.8 Å². The highest BCUT2D eigenvalue weighted by molar-refractivity contribution is 5.89. The Hall–Kier alpha value is -3.85. The molecule has 3 heteroatoms. The average Bonchev–Trinajstić information content (AvgIpc) is 3.01. The molecule has 3 aromatic carbocycles. The number of nitrogens with one attached hydrogen (secondary N) is 1. The summed E-state index contributed by atoms with van der Waals surface area (Å²) in [5, 5.41) is 3.36. The fourth-order valence-electron chi connectivity index (χ4n) is 5.12. The molecule has 0 aromatic heterocycles. The Morgan fingerprint density at radius 1 is 0.902 bits per heavy atom. The van der Waals surface area contributed by atoms with Gasteiger partial charge in [0.05, 0.1) is 0 Å². The van der Waals surface area contributed by atoms with Crippen molar-refractivity contribution in [3.05, 3.63) is 127 Å². The van der Waals surface area contributed by atoms with Crippen LogP contribution in [0.5, 0.6) is 0 Å². The second-order valence-electron chi connectivity index (χ2n) is 11.0. The Morgan fingerprint density at radius 2 is 1.54 bits per heavy atom. The van der Waals surface area contributed by atoms with E-state index in [1.807, 2.05) is 31.2 Å². The van der Waals surface area contributed by atoms with Crippen LogP contribution in [-0.4, -0.2) is 24.5 Å². The van der Waals surface area contributed by atoms with Gasteiger partial charge in [-0.15, -0.1) is 0 Å². The number of nitrogens with zero attached hydrogens (tertiary/aromatic N) is 1. The van der Waals surface area contributed by atoms with Gasteiger partial charge in [0.2, 0.25) is 5.91 Å². The van der Waals surface area contributed by atoms with Crippen molar-refractivity contribution in [3.63, 3.8) is 0 Å². The third kappa shape index (κ3) is 9.93. The van der Waals surface area contributed by atoms with Gasteiger partial charge in [0.25, 0.3) is 0 Å². The van der Waals surface area contributed by atoms with Crippen molar-refractivity contribution >= 4 is 11.6 Å². The summed E-state index contributed by atoms with van der Waals surface area (Å²) in [6, 6.07) is 29.1. The Bertz CT molecular complexity index is 1240. The molecule has 0 radical (unpaired) electrons. The lowest BCUT2D eigenvalue weighted by Crippen LogP contribution is -2.50. The van der Waals surface area contributed by atoms with Crippen LogP contribution >= 0.6 is 0 Å². The fraction of sp³-hybridized carbons (Fsp3) is 0.342. The van der Waals surface area contributed by atoms with Gasteiger partial charge >= 0.3 is 0 Å². The topological polar surface area (TPSA) is 32.3 Å². The van der Waals surface area contributed by atoms with E-state index in [2.05, 4.69) is 116 Å². The largest absolute Gasteiger partial charge is 0.356 e. The van der Waals surface area contributed by atoms with E-state index in [1.165, 1.54) is 16.7 Å². The molecule has 3 nitrogen and oxygen atoms in total. The lowest BCUT2D eigenvalue weighted by atomic mass is 9.98. The Kier molecular flexibility index (Phi) is 13.2. The van der Waals surface area contributed by atoms with Gasteiger partial charge < -0.3 is 10.2 Å². The molecule has 1 N–H and O–H groups in total. The van der Waals surface area contributed by atoms with Crippen LogP contribution in [-0.2, 0) is 11.2 Å². The van der Waals surface area contributed by atoms with Gasteiger partial charge in [0.15, 0.2) is 0 Å². The first kappa shape index (κ1) is 31.7. The number of carbonyl (C=O) groups excluding carboxylic acids is 1. The highest BCUT2D eigenvalue weighted by Crippen LogP contribution is 2.28. The van der Waals surface area contributed by atoms with Crippen molar-refractivity contribution < 1.29 is 4.79 Å². The molecule has 0 heterocycles. The van der Waals surface area contributed by atoms with Crippen LogP contribution in [0.3, 0.4) is 0 Å². The van der Waals surface area contributed by atoms with Crippen molar-refractivity contribution in [2.45, 2.75) is 71.9 Å². The first-order valence-corrected chi connectivity index (χ1v) is 15.2. The van der Waals surface area contributed by atoms with Crippen LogP contribution in [0.2, 0.25) is 0 Å². The minimum Gasteiger partial charge on any atom is -0.356 e. The lowest BCUT2D eigenvalue weighted by molar-refractivity contribution is -0.122. The first-order valence-electron chi connectivity index (χ1n) is 15.2. The van der Waals surface area contributed by atoms with E-state index < -0.39 is 6.04 Å². The van der Waals surface area contributed by atoms with Crippen LogP contribution in [0, 0.1) is 5.92 Å². The van der Waals surface area contributed by atoms with E-state index in [1.54, 1.807) is 6.08 Å². The lowest BCUT2D eigenvalue weighted by Gasteiger charge is -2.35. The summed E-state index contributed by atoms with van der Waals surface area (Å²) in [7, 11) is 0. The smallest absolute Gasteiger partial charge is 0.247 e. The standard InChI is InChI=1S/C38H48N2O/c1-6-9-20-33(8-3)37(38(41)39-31(5)23-24-32-18-12-10-13-19-32)40(29-16-17-30(4)7-2)36-27-25-35(26-28-36)34-21-14-11-15-22-34/h6,8-15,18-22,25-28,30-31,37H,1,7,16-17,23-24,29H2,2-5H3,(H,39,41)/b20-9-,33-8+/t30?,31-,37-/m0/s1. The Morgan fingerprint density at radius 3 is 2.15 bits per heavy atom. The van der Waals surface area contributed by atoms with Crippen molar-refractivity contribution in [3.8, 4) is 11.1 Å². The predicted octanol–water partition coefficient (Wildman–Crippen LogP) is 9.18. The SMILES string of the molecule is C=C/C=C\C(=C/C)[C@@H](C(=O)N[C@@H](C)CCc1ccccc1)N(CCCC(C)CC)c1ccc(-c2ccccc2)cc1. The summed E-state index contributed by atoms with van der Waals surface area (Å²) in [5.74, 6) is 0.687. The number of hydrogen-bond acceptors (Lipinski definition) is 2. The molecular formula is C38H48N2O. The molecule has 1 amide bonds. The Labute approximate surface area is 248 Å². The molecule has 0 fully saturated rings. The number of anilines is 1. The fourth-order valence-corrected chi connectivity index (χ4v) is 5.12. The van der Waals surface area contributed by atoms with E-state index in [0.29, 0.717) is 5.92 Å². The van der Waals surface area contributed by atoms with Gasteiger partial charge in [0, 0.05) is 18.3 Å². The number of aryl methyl sites for hydroxylation is 1. The van der Waals surface area contributed by atoms with Gasteiger partial charge in [-0.25, -0.2) is 0 Å². The molecule has 0 saturated heterocycles. The molecule has 3 rings (SSSR count). The molecule has 41 heavy (non-hydrogen) atoms. The van der Waals surface area contributed by atoms with Crippen molar-refractivity contribution in [1.82, 2.24) is 5.32 Å². The van der Waals surface area contributed by atoms with Crippen LogP contribution < -0.4 is 10.2 Å². The van der Waals surface area contributed by atoms with Crippen LogP contribution in [0.15, 0.2) is 121 Å². The van der Waals surface area contributed by atoms with E-state index in [-0.39, 0.29) is 11.9 Å². The minimum atomic E-state index is -0.449. The van der Waals surface area contributed by atoms with Gasteiger partial charge in [0.1, 0.15) is 6.04 Å². The number of benzene rings is 3. The number of carbonyl (C=O) groups is 1. The summed E-state index contributed by atoms with van der Waals surface area (Å²) in [5.41, 5.74) is 5.67. The highest BCUT2D eigenvalue weighted by Gasteiger charge is 2.29. The summed E-state index contributed by atoms with van der Waals surface area (Å²) in [6.07, 6.45) is 12.9. The summed E-state index contributed by atoms with van der Waals surface area (Å²) in [6.45, 7) is 13.3. The number of hydrogen-bond donors (Lipinski definition) is 1. The number of rotatable bonds is 16. The predicted molar refractivity (Wildman–Crippen MR) is 177 cm³/mol. The van der Waals surface area contributed by atoms with E-state index in [4.69, 9.17) is 0 Å². The van der Waals surface area contributed by atoms with E-state index >= 15 is 0 Å². The monoisotopic (exact) mass is 548 g/mol. The van der Waals surface area contributed by atoms with Crippen LogP contribution in [0.1, 0.15) is 58.9 Å². The van der Waals surface area contributed by atoms with Gasteiger partial charge in [-0.2, -0.15) is 0 Å². The summed E-state index contributed by atoms with van der Waals surface area (Å²) >= 11 is 0. The number of amides is 1. The maximum atomic E-state index is 14.1. The average molecular weight is 549 g/mol. The molecular weight excluding hydrogens is 500 g/mol. The van der Waals surface area contributed by atoms with Gasteiger partial charge in [-0.1, -0.05) is 124 Å².